The lowest BCUT2D eigenvalue weighted by Crippen LogP contribution is -2.50. The Balaban J connectivity index is 0.00000131. The summed E-state index contributed by atoms with van der Waals surface area (Å²) in [6, 6.07) is 19.2. The smallest absolute Gasteiger partial charge is 0.127 e. The van der Waals surface area contributed by atoms with Crippen LogP contribution in [0.25, 0.3) is 0 Å². The average molecular weight is 410 g/mol. The van der Waals surface area contributed by atoms with E-state index in [2.05, 4.69) is 39.4 Å². The summed E-state index contributed by atoms with van der Waals surface area (Å²) in [6.07, 6.45) is 1.31. The molecule has 2 aliphatic heterocycles. The van der Waals surface area contributed by atoms with E-state index in [0.29, 0.717) is 0 Å². The molecule has 2 aliphatic rings. The summed E-state index contributed by atoms with van der Waals surface area (Å²) in [6.45, 7) is 8.11. The van der Waals surface area contributed by atoms with E-state index in [-0.39, 0.29) is 24.8 Å². The molecular formula is C21H29Cl2N3O. The third-order valence-corrected chi connectivity index (χ3v) is 5.27. The van der Waals surface area contributed by atoms with E-state index in [0.717, 1.165) is 24.1 Å². The molecular weight excluding hydrogens is 381 g/mol. The first-order chi connectivity index (χ1) is 12.4. The van der Waals surface area contributed by atoms with Crippen LogP contribution in [-0.2, 0) is 6.54 Å². The molecule has 0 bridgehead atoms. The molecule has 0 spiro atoms. The van der Waals surface area contributed by atoms with Gasteiger partial charge in [-0.15, -0.1) is 24.8 Å². The number of para-hydroxylation sites is 1. The fourth-order valence-electron chi connectivity index (χ4n) is 3.78. The Kier molecular flexibility index (Phi) is 8.87. The molecule has 6 heteroatoms. The molecule has 4 rings (SSSR count). The molecule has 0 radical (unpaired) electrons. The molecule has 0 amide bonds. The highest BCUT2D eigenvalue weighted by Crippen LogP contribution is 2.22. The number of ether oxygens (including phenoxy) is 1. The zero-order chi connectivity index (χ0) is 16.9. The van der Waals surface area contributed by atoms with Crippen LogP contribution in [0, 0.1) is 0 Å². The van der Waals surface area contributed by atoms with Gasteiger partial charge in [0.15, 0.2) is 0 Å². The van der Waals surface area contributed by atoms with Crippen molar-refractivity contribution in [2.45, 2.75) is 19.0 Å². The third-order valence-electron chi connectivity index (χ3n) is 5.27. The minimum Gasteiger partial charge on any atom is -0.457 e. The maximum atomic E-state index is 5.87. The highest BCUT2D eigenvalue weighted by molar-refractivity contribution is 5.85. The average Bonchev–Trinajstić information content (AvgIpc) is 3.20. The SMILES string of the molecule is Cl.Cl.c1ccc(Oc2ccc(CN3CCN(C4CCNC4)CC3)cc2)cc1. The molecule has 2 aromatic rings. The normalized spacial score (nSPS) is 20.5. The van der Waals surface area contributed by atoms with Gasteiger partial charge in [-0.05, 0) is 42.8 Å². The van der Waals surface area contributed by atoms with Crippen molar-refractivity contribution in [2.75, 3.05) is 39.3 Å². The minimum absolute atomic E-state index is 0. The Labute approximate surface area is 174 Å². The topological polar surface area (TPSA) is 27.7 Å². The first-order valence-corrected chi connectivity index (χ1v) is 9.36. The largest absolute Gasteiger partial charge is 0.457 e. The van der Waals surface area contributed by atoms with E-state index in [1.54, 1.807) is 0 Å². The minimum atomic E-state index is 0. The van der Waals surface area contributed by atoms with Gasteiger partial charge in [-0.1, -0.05) is 30.3 Å². The quantitative estimate of drug-likeness (QED) is 0.812. The number of piperazine rings is 1. The monoisotopic (exact) mass is 409 g/mol. The zero-order valence-electron chi connectivity index (χ0n) is 15.5. The molecule has 2 saturated heterocycles. The number of hydrogen-bond acceptors (Lipinski definition) is 4. The Morgan fingerprint density at radius 2 is 1.52 bits per heavy atom. The fourth-order valence-corrected chi connectivity index (χ4v) is 3.78. The molecule has 27 heavy (non-hydrogen) atoms. The van der Waals surface area contributed by atoms with Gasteiger partial charge in [-0.3, -0.25) is 9.80 Å². The molecule has 4 nitrogen and oxygen atoms in total. The van der Waals surface area contributed by atoms with Gasteiger partial charge in [0.05, 0.1) is 0 Å². The lowest BCUT2D eigenvalue weighted by molar-refractivity contribution is 0.0981. The number of halogens is 2. The van der Waals surface area contributed by atoms with Crippen LogP contribution < -0.4 is 10.1 Å². The summed E-state index contributed by atoms with van der Waals surface area (Å²) >= 11 is 0. The van der Waals surface area contributed by atoms with E-state index in [1.165, 1.54) is 51.3 Å². The molecule has 2 heterocycles. The van der Waals surface area contributed by atoms with Crippen LogP contribution in [0.1, 0.15) is 12.0 Å². The van der Waals surface area contributed by atoms with Gasteiger partial charge >= 0.3 is 0 Å². The van der Waals surface area contributed by atoms with Crippen LogP contribution in [-0.4, -0.2) is 55.1 Å². The zero-order valence-corrected chi connectivity index (χ0v) is 17.2. The first-order valence-electron chi connectivity index (χ1n) is 9.36. The maximum Gasteiger partial charge on any atom is 0.127 e. The van der Waals surface area contributed by atoms with Crippen LogP contribution in [0.5, 0.6) is 11.5 Å². The molecule has 0 aliphatic carbocycles. The van der Waals surface area contributed by atoms with Crippen molar-refractivity contribution in [2.24, 2.45) is 0 Å². The lowest BCUT2D eigenvalue weighted by Gasteiger charge is -2.37. The fraction of sp³-hybridized carbons (Fsp3) is 0.429. The molecule has 148 valence electrons. The van der Waals surface area contributed by atoms with E-state index in [4.69, 9.17) is 4.74 Å². The third kappa shape index (κ3) is 6.09. The van der Waals surface area contributed by atoms with Crippen molar-refractivity contribution in [1.82, 2.24) is 15.1 Å². The van der Waals surface area contributed by atoms with Crippen molar-refractivity contribution in [3.05, 3.63) is 60.2 Å². The van der Waals surface area contributed by atoms with Crippen LogP contribution in [0.15, 0.2) is 54.6 Å². The number of rotatable bonds is 5. The molecule has 1 N–H and O–H groups in total. The standard InChI is InChI=1S/C21H27N3O.2ClH/c1-2-4-20(5-3-1)25-21-8-6-18(7-9-21)17-23-12-14-24(15-13-23)19-10-11-22-16-19;;/h1-9,19,22H,10-17H2;2*1H. The summed E-state index contributed by atoms with van der Waals surface area (Å²) in [5, 5.41) is 3.48. The number of nitrogens with one attached hydrogen (secondary N) is 1. The van der Waals surface area contributed by atoms with E-state index in [9.17, 15) is 0 Å². The van der Waals surface area contributed by atoms with Crippen LogP contribution >= 0.6 is 24.8 Å². The van der Waals surface area contributed by atoms with Crippen molar-refractivity contribution in [3.63, 3.8) is 0 Å². The Morgan fingerprint density at radius 1 is 0.852 bits per heavy atom. The summed E-state index contributed by atoms with van der Waals surface area (Å²) in [4.78, 5) is 5.22. The summed E-state index contributed by atoms with van der Waals surface area (Å²) in [7, 11) is 0. The second kappa shape index (κ2) is 10.9. The second-order valence-corrected chi connectivity index (χ2v) is 7.02. The highest BCUT2D eigenvalue weighted by Gasteiger charge is 2.25. The van der Waals surface area contributed by atoms with Gasteiger partial charge in [-0.25, -0.2) is 0 Å². The second-order valence-electron chi connectivity index (χ2n) is 7.02. The highest BCUT2D eigenvalue weighted by atomic mass is 35.5. The van der Waals surface area contributed by atoms with Gasteiger partial charge in [-0.2, -0.15) is 0 Å². The van der Waals surface area contributed by atoms with E-state index >= 15 is 0 Å². The van der Waals surface area contributed by atoms with Gasteiger partial charge in [0.1, 0.15) is 11.5 Å². The van der Waals surface area contributed by atoms with E-state index < -0.39 is 0 Å². The summed E-state index contributed by atoms with van der Waals surface area (Å²) in [5.74, 6) is 1.78. The predicted molar refractivity (Wildman–Crippen MR) is 116 cm³/mol. The Hall–Kier alpha value is -1.30. The van der Waals surface area contributed by atoms with Crippen LogP contribution in [0.4, 0.5) is 0 Å². The van der Waals surface area contributed by atoms with Crippen molar-refractivity contribution in [1.29, 1.82) is 0 Å². The molecule has 1 unspecified atom stereocenters. The summed E-state index contributed by atoms with van der Waals surface area (Å²) < 4.78 is 5.87. The number of benzene rings is 2. The lowest BCUT2D eigenvalue weighted by atomic mass is 10.1. The first kappa shape index (κ1) is 22.0. The predicted octanol–water partition coefficient (Wildman–Crippen LogP) is 3.80. The van der Waals surface area contributed by atoms with Crippen LogP contribution in [0.3, 0.4) is 0 Å². The van der Waals surface area contributed by atoms with E-state index in [1.807, 2.05) is 30.3 Å². The number of nitrogens with zero attached hydrogens (tertiary/aromatic N) is 2. The molecule has 0 aromatic heterocycles. The Morgan fingerprint density at radius 3 is 2.15 bits per heavy atom. The van der Waals surface area contributed by atoms with Gasteiger partial charge in [0.25, 0.3) is 0 Å². The summed E-state index contributed by atoms with van der Waals surface area (Å²) in [5.41, 5.74) is 1.36. The molecule has 0 saturated carbocycles. The van der Waals surface area contributed by atoms with Crippen molar-refractivity contribution >= 4 is 24.8 Å². The van der Waals surface area contributed by atoms with Gasteiger partial charge < -0.3 is 10.1 Å². The molecule has 1 atom stereocenters. The number of hydrogen-bond donors (Lipinski definition) is 1. The van der Waals surface area contributed by atoms with Crippen molar-refractivity contribution in [3.8, 4) is 11.5 Å². The van der Waals surface area contributed by atoms with Gasteiger partial charge in [0.2, 0.25) is 0 Å². The molecule has 2 aromatic carbocycles. The van der Waals surface area contributed by atoms with Gasteiger partial charge in [0, 0.05) is 45.3 Å². The maximum absolute atomic E-state index is 5.87. The van der Waals surface area contributed by atoms with Crippen LogP contribution in [0.2, 0.25) is 0 Å². The Bertz CT molecular complexity index is 655. The van der Waals surface area contributed by atoms with Crippen molar-refractivity contribution < 1.29 is 4.74 Å². The molecule has 2 fully saturated rings.